The van der Waals surface area contributed by atoms with Crippen LogP contribution in [-0.2, 0) is 17.7 Å². The second-order valence-electron chi connectivity index (χ2n) is 7.89. The number of aliphatic hydroxyl groups is 1. The van der Waals surface area contributed by atoms with Crippen LogP contribution in [0.4, 0.5) is 0 Å². The number of halogens is 1. The topological polar surface area (TPSA) is 60.2 Å². The third-order valence-electron chi connectivity index (χ3n) is 5.20. The molecule has 0 fully saturated rings. The minimum Gasteiger partial charge on any atom is -0.396 e. The van der Waals surface area contributed by atoms with E-state index in [4.69, 9.17) is 16.3 Å². The molecule has 3 heterocycles. The largest absolute Gasteiger partial charge is 0.396 e. The van der Waals surface area contributed by atoms with Gasteiger partial charge in [0.05, 0.1) is 28.5 Å². The van der Waals surface area contributed by atoms with Crippen LogP contribution in [0.5, 0.6) is 0 Å². The molecule has 0 saturated heterocycles. The smallest absolute Gasteiger partial charge is 0.129 e. The second kappa shape index (κ2) is 8.19. The lowest BCUT2D eigenvalue weighted by molar-refractivity contribution is 0.116. The lowest BCUT2D eigenvalue weighted by atomic mass is 9.85. The maximum Gasteiger partial charge on any atom is 0.129 e. The Balaban J connectivity index is 2.39. The molecule has 0 aliphatic carbocycles. The Hall–Kier alpha value is -1.95. The average Bonchev–Trinajstić information content (AvgIpc) is 2.99. The van der Waals surface area contributed by atoms with Crippen LogP contribution in [0.25, 0.3) is 22.3 Å². The zero-order valence-electron chi connectivity index (χ0n) is 17.2. The highest BCUT2D eigenvalue weighted by atomic mass is 35.5. The lowest BCUT2D eigenvalue weighted by Gasteiger charge is -2.23. The molecule has 1 unspecified atom stereocenters. The number of pyridine rings is 2. The molecule has 0 spiro atoms. The first-order chi connectivity index (χ1) is 13.3. The molecule has 0 aromatic carbocycles. The number of aromatic nitrogens is 3. The first kappa shape index (κ1) is 20.8. The number of nitrogens with zero attached hydrogens (tertiary/aromatic N) is 3. The summed E-state index contributed by atoms with van der Waals surface area (Å²) in [5.41, 5.74) is 5.68. The van der Waals surface area contributed by atoms with E-state index >= 15 is 0 Å². The molecular weight excluding hydrogens is 374 g/mol. The Morgan fingerprint density at radius 3 is 2.68 bits per heavy atom. The van der Waals surface area contributed by atoms with Crippen LogP contribution in [0.15, 0.2) is 30.5 Å². The SMILES string of the molecule is CCn1c(-c2cccnc2C(C)OC)c(CC(C)(C)CO)c2nc(Cl)ccc21. The van der Waals surface area contributed by atoms with Crippen molar-refractivity contribution in [2.75, 3.05) is 13.7 Å². The van der Waals surface area contributed by atoms with Gasteiger partial charge in [0.2, 0.25) is 0 Å². The van der Waals surface area contributed by atoms with E-state index in [1.54, 1.807) is 13.3 Å². The summed E-state index contributed by atoms with van der Waals surface area (Å²) in [4.78, 5) is 9.27. The van der Waals surface area contributed by atoms with Crippen LogP contribution in [0.3, 0.4) is 0 Å². The van der Waals surface area contributed by atoms with Crippen molar-refractivity contribution < 1.29 is 9.84 Å². The molecule has 1 atom stereocenters. The molecule has 1 N–H and O–H groups in total. The van der Waals surface area contributed by atoms with Gasteiger partial charge < -0.3 is 14.4 Å². The van der Waals surface area contributed by atoms with E-state index in [2.05, 4.69) is 41.4 Å². The third-order valence-corrected chi connectivity index (χ3v) is 5.41. The summed E-state index contributed by atoms with van der Waals surface area (Å²) < 4.78 is 7.83. The van der Waals surface area contributed by atoms with Crippen molar-refractivity contribution in [1.82, 2.24) is 14.5 Å². The Morgan fingerprint density at radius 1 is 1.29 bits per heavy atom. The molecule has 150 valence electrons. The van der Waals surface area contributed by atoms with Crippen molar-refractivity contribution in [1.29, 1.82) is 0 Å². The molecule has 3 aromatic heterocycles. The Labute approximate surface area is 171 Å². The van der Waals surface area contributed by atoms with Crippen molar-refractivity contribution in [2.24, 2.45) is 5.41 Å². The molecular formula is C22H28ClN3O2. The number of fused-ring (bicyclic) bond motifs is 1. The molecule has 0 bridgehead atoms. The van der Waals surface area contributed by atoms with Gasteiger partial charge in [-0.2, -0.15) is 0 Å². The minimum absolute atomic E-state index is 0.0835. The highest BCUT2D eigenvalue weighted by molar-refractivity contribution is 6.29. The summed E-state index contributed by atoms with van der Waals surface area (Å²) in [5.74, 6) is 0. The van der Waals surface area contributed by atoms with Gasteiger partial charge in [-0.1, -0.05) is 25.4 Å². The molecule has 3 aromatic rings. The number of hydrogen-bond acceptors (Lipinski definition) is 4. The molecule has 3 rings (SSSR count). The van der Waals surface area contributed by atoms with Crippen LogP contribution in [-0.4, -0.2) is 33.4 Å². The fraction of sp³-hybridized carbons (Fsp3) is 0.455. The Morgan fingerprint density at radius 2 is 2.04 bits per heavy atom. The van der Waals surface area contributed by atoms with Crippen molar-refractivity contribution >= 4 is 22.6 Å². The minimum atomic E-state index is -0.291. The van der Waals surface area contributed by atoms with Gasteiger partial charge in [-0.05, 0) is 49.9 Å². The Bertz CT molecular complexity index is 981. The normalized spacial score (nSPS) is 13.2. The number of aliphatic hydroxyl groups excluding tert-OH is 1. The van der Waals surface area contributed by atoms with Crippen molar-refractivity contribution in [3.63, 3.8) is 0 Å². The predicted octanol–water partition coefficient (Wildman–Crippen LogP) is 5.04. The summed E-state index contributed by atoms with van der Waals surface area (Å²) in [5, 5.41) is 10.4. The standard InChI is InChI=1S/C22H28ClN3O2/c1-6-26-17-9-10-18(23)25-20(17)16(12-22(3,4)13-27)21(26)15-8-7-11-24-19(15)14(2)28-5/h7-11,14,27H,6,12-13H2,1-5H3. The maximum atomic E-state index is 9.90. The highest BCUT2D eigenvalue weighted by Gasteiger charge is 2.28. The average molecular weight is 402 g/mol. The fourth-order valence-corrected chi connectivity index (χ4v) is 3.80. The zero-order chi connectivity index (χ0) is 20.5. The fourth-order valence-electron chi connectivity index (χ4n) is 3.66. The van der Waals surface area contributed by atoms with E-state index in [1.807, 2.05) is 25.1 Å². The summed E-state index contributed by atoms with van der Waals surface area (Å²) in [6, 6.07) is 7.86. The van der Waals surface area contributed by atoms with Gasteiger partial charge in [-0.15, -0.1) is 0 Å². The van der Waals surface area contributed by atoms with E-state index in [-0.39, 0.29) is 18.1 Å². The van der Waals surface area contributed by atoms with Crippen molar-refractivity contribution in [3.8, 4) is 11.3 Å². The first-order valence-corrected chi connectivity index (χ1v) is 9.97. The van der Waals surface area contributed by atoms with Crippen LogP contribution in [0.2, 0.25) is 5.15 Å². The van der Waals surface area contributed by atoms with Crippen LogP contribution in [0.1, 0.15) is 45.1 Å². The predicted molar refractivity (Wildman–Crippen MR) is 114 cm³/mol. The van der Waals surface area contributed by atoms with E-state index in [0.717, 1.165) is 40.1 Å². The maximum absolute atomic E-state index is 9.90. The quantitative estimate of drug-likeness (QED) is 0.563. The van der Waals surface area contributed by atoms with Crippen LogP contribution in [0, 0.1) is 5.41 Å². The first-order valence-electron chi connectivity index (χ1n) is 9.59. The van der Waals surface area contributed by atoms with Gasteiger partial charge in [-0.25, -0.2) is 4.98 Å². The zero-order valence-corrected chi connectivity index (χ0v) is 17.9. The van der Waals surface area contributed by atoms with Gasteiger partial charge in [0.1, 0.15) is 5.15 Å². The van der Waals surface area contributed by atoms with Gasteiger partial charge in [0.25, 0.3) is 0 Å². The highest BCUT2D eigenvalue weighted by Crippen LogP contribution is 2.39. The number of ether oxygens (including phenoxy) is 1. The second-order valence-corrected chi connectivity index (χ2v) is 8.27. The van der Waals surface area contributed by atoms with E-state index < -0.39 is 0 Å². The van der Waals surface area contributed by atoms with E-state index in [1.165, 1.54) is 0 Å². The Kier molecular flexibility index (Phi) is 6.08. The molecule has 5 nitrogen and oxygen atoms in total. The summed E-state index contributed by atoms with van der Waals surface area (Å²) >= 11 is 6.25. The summed E-state index contributed by atoms with van der Waals surface area (Å²) in [7, 11) is 1.69. The molecule has 0 saturated carbocycles. The van der Waals surface area contributed by atoms with E-state index in [0.29, 0.717) is 11.6 Å². The molecule has 0 aliphatic rings. The van der Waals surface area contributed by atoms with Gasteiger partial charge in [0, 0.05) is 37.6 Å². The van der Waals surface area contributed by atoms with Crippen molar-refractivity contribution in [2.45, 2.75) is 46.8 Å². The van der Waals surface area contributed by atoms with Gasteiger partial charge in [0.15, 0.2) is 0 Å². The number of hydrogen-bond donors (Lipinski definition) is 1. The van der Waals surface area contributed by atoms with Crippen LogP contribution >= 0.6 is 11.6 Å². The number of rotatable bonds is 7. The molecule has 0 amide bonds. The molecule has 0 radical (unpaired) electrons. The van der Waals surface area contributed by atoms with Gasteiger partial charge in [-0.3, -0.25) is 4.98 Å². The van der Waals surface area contributed by atoms with Gasteiger partial charge >= 0.3 is 0 Å². The lowest BCUT2D eigenvalue weighted by Crippen LogP contribution is -2.20. The molecule has 6 heteroatoms. The third kappa shape index (κ3) is 3.79. The monoisotopic (exact) mass is 401 g/mol. The van der Waals surface area contributed by atoms with Crippen molar-refractivity contribution in [3.05, 3.63) is 46.9 Å². The number of aryl methyl sites for hydroxylation is 1. The molecule has 28 heavy (non-hydrogen) atoms. The summed E-state index contributed by atoms with van der Waals surface area (Å²) in [6.45, 7) is 9.09. The summed E-state index contributed by atoms with van der Waals surface area (Å²) in [6.07, 6.45) is 2.32. The van der Waals surface area contributed by atoms with Crippen LogP contribution < -0.4 is 0 Å². The number of methoxy groups -OCH3 is 1. The molecule has 0 aliphatic heterocycles. The van der Waals surface area contributed by atoms with E-state index in [9.17, 15) is 5.11 Å².